The number of aromatic nitrogens is 2. The summed E-state index contributed by atoms with van der Waals surface area (Å²) in [5.41, 5.74) is 2.58. The average Bonchev–Trinajstić information content (AvgIpc) is 2.82. The minimum atomic E-state index is -0.442. The highest BCUT2D eigenvalue weighted by Gasteiger charge is 2.27. The molecule has 21 heavy (non-hydrogen) atoms. The molecule has 9 nitrogen and oxygen atoms in total. The van der Waals surface area contributed by atoms with E-state index >= 15 is 0 Å². The third-order valence-corrected chi connectivity index (χ3v) is 3.73. The first-order valence-electron chi connectivity index (χ1n) is 6.81. The zero-order valence-electron chi connectivity index (χ0n) is 12.5. The van der Waals surface area contributed by atoms with Crippen LogP contribution in [0, 0.1) is 23.0 Å². The minimum absolute atomic E-state index is 0.0668. The Bertz CT molecular complexity index is 537. The molecule has 0 amide bonds. The minimum Gasteiger partial charge on any atom is -0.353 e. The third-order valence-electron chi connectivity index (χ3n) is 3.73. The molecule has 3 N–H and O–H groups in total. The summed E-state index contributed by atoms with van der Waals surface area (Å²) < 4.78 is 0. The van der Waals surface area contributed by atoms with Crippen LogP contribution in [-0.4, -0.2) is 53.5 Å². The van der Waals surface area contributed by atoms with Crippen LogP contribution in [0.15, 0.2) is 0 Å². The van der Waals surface area contributed by atoms with E-state index in [-0.39, 0.29) is 11.6 Å². The monoisotopic (exact) mass is 295 g/mol. The van der Waals surface area contributed by atoms with Crippen LogP contribution in [-0.2, 0) is 0 Å². The molecule has 2 heterocycles. The molecule has 1 aromatic rings. The molecule has 1 saturated heterocycles. The largest absolute Gasteiger partial charge is 0.353 e. The second-order valence-electron chi connectivity index (χ2n) is 5.50. The summed E-state index contributed by atoms with van der Waals surface area (Å²) in [6, 6.07) is 0. The predicted octanol–water partition coefficient (Wildman–Crippen LogP) is 0.367. The lowest BCUT2D eigenvalue weighted by Crippen LogP contribution is -2.29. The zero-order chi connectivity index (χ0) is 15.6. The van der Waals surface area contributed by atoms with Crippen molar-refractivity contribution in [2.75, 3.05) is 44.1 Å². The second-order valence-corrected chi connectivity index (χ2v) is 5.50. The van der Waals surface area contributed by atoms with Crippen LogP contribution in [0.2, 0.25) is 0 Å². The lowest BCUT2D eigenvalue weighted by molar-refractivity contribution is -0.385. The second kappa shape index (κ2) is 6.19. The molecule has 2 rings (SSSR count). The van der Waals surface area contributed by atoms with Crippen LogP contribution in [0.4, 0.5) is 17.5 Å². The Morgan fingerprint density at radius 3 is 2.81 bits per heavy atom. The van der Waals surface area contributed by atoms with E-state index in [1.165, 1.54) is 0 Å². The quantitative estimate of drug-likeness (QED) is 0.455. The molecular formula is C12H21N7O2. The maximum atomic E-state index is 11.3. The van der Waals surface area contributed by atoms with Crippen molar-refractivity contribution in [1.29, 1.82) is 0 Å². The van der Waals surface area contributed by atoms with Gasteiger partial charge in [0.2, 0.25) is 11.8 Å². The Kier molecular flexibility index (Phi) is 4.53. The van der Waals surface area contributed by atoms with Gasteiger partial charge < -0.3 is 9.80 Å². The first kappa shape index (κ1) is 15.4. The van der Waals surface area contributed by atoms with Gasteiger partial charge in [-0.25, -0.2) is 10.8 Å². The number of nitrogen functional groups attached to an aromatic ring is 1. The van der Waals surface area contributed by atoms with Crippen molar-refractivity contribution in [3.05, 3.63) is 15.8 Å². The first-order chi connectivity index (χ1) is 9.92. The third kappa shape index (κ3) is 3.37. The molecule has 0 radical (unpaired) electrons. The summed E-state index contributed by atoms with van der Waals surface area (Å²) in [4.78, 5) is 23.0. The summed E-state index contributed by atoms with van der Waals surface area (Å²) in [6.07, 6.45) is 1.08. The molecule has 1 unspecified atom stereocenters. The van der Waals surface area contributed by atoms with Gasteiger partial charge in [0.05, 0.1) is 4.92 Å². The Morgan fingerprint density at radius 2 is 2.29 bits per heavy atom. The van der Waals surface area contributed by atoms with Crippen LogP contribution in [0.25, 0.3) is 0 Å². The van der Waals surface area contributed by atoms with E-state index in [1.54, 1.807) is 6.92 Å². The van der Waals surface area contributed by atoms with Crippen LogP contribution in [0.1, 0.15) is 12.1 Å². The van der Waals surface area contributed by atoms with Crippen molar-refractivity contribution in [3.8, 4) is 0 Å². The number of nitrogens with zero attached hydrogens (tertiary/aromatic N) is 5. The molecule has 0 aromatic carbocycles. The Morgan fingerprint density at radius 1 is 1.57 bits per heavy atom. The Balaban J connectivity index is 2.27. The van der Waals surface area contributed by atoms with Gasteiger partial charge >= 0.3 is 5.69 Å². The van der Waals surface area contributed by atoms with E-state index in [0.29, 0.717) is 24.0 Å². The number of rotatable bonds is 5. The number of anilines is 2. The number of hydrogen-bond donors (Lipinski definition) is 2. The predicted molar refractivity (Wildman–Crippen MR) is 80.1 cm³/mol. The van der Waals surface area contributed by atoms with Gasteiger partial charge in [0.15, 0.2) is 0 Å². The van der Waals surface area contributed by atoms with Gasteiger partial charge in [0.1, 0.15) is 5.69 Å². The molecule has 1 aliphatic heterocycles. The van der Waals surface area contributed by atoms with Gasteiger partial charge in [0, 0.05) is 20.1 Å². The molecule has 0 aliphatic carbocycles. The highest BCUT2D eigenvalue weighted by atomic mass is 16.6. The van der Waals surface area contributed by atoms with Crippen molar-refractivity contribution in [2.45, 2.75) is 13.3 Å². The van der Waals surface area contributed by atoms with Gasteiger partial charge in [-0.05, 0) is 32.9 Å². The molecule has 0 spiro atoms. The van der Waals surface area contributed by atoms with Crippen LogP contribution >= 0.6 is 0 Å². The maximum absolute atomic E-state index is 11.3. The molecule has 1 atom stereocenters. The summed E-state index contributed by atoms with van der Waals surface area (Å²) in [5.74, 6) is 6.29. The lowest BCUT2D eigenvalue weighted by atomic mass is 10.1. The lowest BCUT2D eigenvalue weighted by Gasteiger charge is -2.22. The van der Waals surface area contributed by atoms with Gasteiger partial charge in [-0.2, -0.15) is 4.98 Å². The van der Waals surface area contributed by atoms with E-state index in [9.17, 15) is 10.1 Å². The first-order valence-corrected chi connectivity index (χ1v) is 6.81. The smallest absolute Gasteiger partial charge is 0.332 e. The van der Waals surface area contributed by atoms with Crippen LogP contribution in [0.3, 0.4) is 0 Å². The molecule has 1 aliphatic rings. The van der Waals surface area contributed by atoms with Gasteiger partial charge in [0.25, 0.3) is 0 Å². The van der Waals surface area contributed by atoms with Gasteiger partial charge in [-0.15, -0.1) is 0 Å². The van der Waals surface area contributed by atoms with E-state index in [2.05, 4.69) is 27.3 Å². The maximum Gasteiger partial charge on any atom is 0.332 e. The van der Waals surface area contributed by atoms with E-state index < -0.39 is 4.92 Å². The topological polar surface area (TPSA) is 113 Å². The summed E-state index contributed by atoms with van der Waals surface area (Å²) >= 11 is 0. The molecule has 0 saturated carbocycles. The van der Waals surface area contributed by atoms with Gasteiger partial charge in [-0.1, -0.05) is 0 Å². The van der Waals surface area contributed by atoms with Crippen molar-refractivity contribution < 1.29 is 4.92 Å². The standard InChI is InChI=1S/C12H21N7O2/c1-8-10(19(20)21)11(15-12(14-8)16-13)18(3)7-9-4-5-17(2)6-9/h9H,4-7,13H2,1-3H3,(H,14,15,16). The average molecular weight is 295 g/mol. The van der Waals surface area contributed by atoms with Crippen molar-refractivity contribution >= 4 is 17.5 Å². The van der Waals surface area contributed by atoms with Crippen molar-refractivity contribution in [1.82, 2.24) is 14.9 Å². The summed E-state index contributed by atoms with van der Waals surface area (Å²) in [7, 11) is 3.89. The fourth-order valence-electron chi connectivity index (χ4n) is 2.75. The zero-order valence-corrected chi connectivity index (χ0v) is 12.5. The number of hydrazine groups is 1. The molecule has 0 bridgehead atoms. The normalized spacial score (nSPS) is 18.8. The SMILES string of the molecule is Cc1nc(NN)nc(N(C)CC2CCN(C)C2)c1[N+](=O)[O-]. The molecule has 116 valence electrons. The number of hydrogen-bond acceptors (Lipinski definition) is 8. The number of nitrogens with one attached hydrogen (secondary N) is 1. The molecule has 1 fully saturated rings. The number of likely N-dealkylation sites (tertiary alicyclic amines) is 1. The van der Waals surface area contributed by atoms with Crippen molar-refractivity contribution in [2.24, 2.45) is 11.8 Å². The summed E-state index contributed by atoms with van der Waals surface area (Å²) in [5, 5.41) is 11.3. The number of nitrogens with two attached hydrogens (primary N) is 1. The van der Waals surface area contributed by atoms with E-state index in [0.717, 1.165) is 19.5 Å². The van der Waals surface area contributed by atoms with Crippen molar-refractivity contribution in [3.63, 3.8) is 0 Å². The Hall–Kier alpha value is -2.00. The summed E-state index contributed by atoms with van der Waals surface area (Å²) in [6.45, 7) is 4.34. The Labute approximate surface area is 123 Å². The molecular weight excluding hydrogens is 274 g/mol. The van der Waals surface area contributed by atoms with Crippen LogP contribution in [0.5, 0.6) is 0 Å². The van der Waals surface area contributed by atoms with E-state index in [4.69, 9.17) is 5.84 Å². The fraction of sp³-hybridized carbons (Fsp3) is 0.667. The molecule has 1 aromatic heterocycles. The fourth-order valence-corrected chi connectivity index (χ4v) is 2.75. The highest BCUT2D eigenvalue weighted by Crippen LogP contribution is 2.30. The number of aryl methyl sites for hydroxylation is 1. The van der Waals surface area contributed by atoms with Gasteiger partial charge in [-0.3, -0.25) is 15.5 Å². The van der Waals surface area contributed by atoms with Crippen LogP contribution < -0.4 is 16.2 Å². The van der Waals surface area contributed by atoms with E-state index in [1.807, 2.05) is 11.9 Å². The number of nitro groups is 1. The highest BCUT2D eigenvalue weighted by molar-refractivity contribution is 5.62. The molecule has 9 heteroatoms.